The van der Waals surface area contributed by atoms with Gasteiger partial charge in [0.1, 0.15) is 0 Å². The summed E-state index contributed by atoms with van der Waals surface area (Å²) in [6.07, 6.45) is 3.13. The van der Waals surface area contributed by atoms with Gasteiger partial charge >= 0.3 is 10.9 Å². The van der Waals surface area contributed by atoms with Crippen LogP contribution in [0.5, 0.6) is 0 Å². The zero-order valence-corrected chi connectivity index (χ0v) is 23.2. The number of hydrogen-bond acceptors (Lipinski definition) is 5. The number of aromatic amines is 1. The van der Waals surface area contributed by atoms with Crippen LogP contribution in [0.25, 0.3) is 21.8 Å². The first-order valence-electron chi connectivity index (χ1n) is 7.64. The van der Waals surface area contributed by atoms with Gasteiger partial charge in [-0.05, 0) is 69.6 Å². The van der Waals surface area contributed by atoms with Crippen LogP contribution >= 0.6 is 106 Å². The van der Waals surface area contributed by atoms with Crippen LogP contribution < -0.4 is 5.69 Å². The van der Waals surface area contributed by atoms with E-state index < -0.39 is 10.9 Å². The molecule has 0 saturated heterocycles. The third kappa shape index (κ3) is 9.32. The molecule has 0 atom stereocenters. The fourth-order valence-electron chi connectivity index (χ4n) is 2.14. The van der Waals surface area contributed by atoms with E-state index in [9.17, 15) is 9.36 Å². The number of H-pyrrole nitrogens is 1. The van der Waals surface area contributed by atoms with Gasteiger partial charge in [0.15, 0.2) is 0 Å². The normalized spacial score (nSPS) is 10.8. The summed E-state index contributed by atoms with van der Waals surface area (Å²) in [5.74, 6) is 0. The van der Waals surface area contributed by atoms with E-state index >= 15 is 0 Å². The molecule has 0 aliphatic heterocycles. The summed E-state index contributed by atoms with van der Waals surface area (Å²) in [4.78, 5) is 24.9. The van der Waals surface area contributed by atoms with E-state index in [1.165, 1.54) is 6.20 Å². The Morgan fingerprint density at radius 3 is 1.97 bits per heavy atom. The van der Waals surface area contributed by atoms with Gasteiger partial charge in [-0.3, -0.25) is 4.57 Å². The Hall–Kier alpha value is -0.150. The SMILES string of the molecule is Clc1ncc2cc(Br)cc(Cl)c2n1.O=P(Cl)(Cl)Cl.O=c1ncc2cc(Br)cc(Cl)c2[nH]1. The molecule has 2 heterocycles. The lowest BCUT2D eigenvalue weighted by molar-refractivity contribution is 0.600. The van der Waals surface area contributed by atoms with Crippen LogP contribution in [0.3, 0.4) is 0 Å². The van der Waals surface area contributed by atoms with Crippen molar-refractivity contribution in [3.63, 3.8) is 0 Å². The van der Waals surface area contributed by atoms with E-state index in [2.05, 4.69) is 85.5 Å². The third-order valence-electron chi connectivity index (χ3n) is 3.21. The topological polar surface area (TPSA) is 88.6 Å². The predicted octanol–water partition coefficient (Wildman–Crippen LogP) is 8.85. The molecule has 2 aromatic heterocycles. The van der Waals surface area contributed by atoms with E-state index in [0.717, 1.165) is 19.7 Å². The highest BCUT2D eigenvalue weighted by Gasteiger charge is 2.04. The molecular formula is C16H7Br2Cl6N4O2P. The van der Waals surface area contributed by atoms with Crippen LogP contribution in [0, 0.1) is 0 Å². The third-order valence-corrected chi connectivity index (χ3v) is 4.89. The molecule has 4 rings (SSSR count). The Kier molecular flexibility index (Phi) is 10.3. The van der Waals surface area contributed by atoms with Gasteiger partial charge in [-0.25, -0.2) is 19.7 Å². The maximum Gasteiger partial charge on any atom is 0.345 e. The molecule has 0 saturated carbocycles. The van der Waals surface area contributed by atoms with Crippen molar-refractivity contribution in [1.29, 1.82) is 0 Å². The van der Waals surface area contributed by atoms with E-state index in [0.29, 0.717) is 21.1 Å². The van der Waals surface area contributed by atoms with Gasteiger partial charge < -0.3 is 4.98 Å². The predicted molar refractivity (Wildman–Crippen MR) is 137 cm³/mol. The van der Waals surface area contributed by atoms with E-state index in [1.807, 2.05) is 12.1 Å². The lowest BCUT2D eigenvalue weighted by atomic mass is 10.2. The average Bonchev–Trinajstić information content (AvgIpc) is 2.62. The minimum absolute atomic E-state index is 0.205. The van der Waals surface area contributed by atoms with Crippen molar-refractivity contribution in [2.24, 2.45) is 0 Å². The molecule has 0 amide bonds. The van der Waals surface area contributed by atoms with Gasteiger partial charge in [0.25, 0.3) is 0 Å². The fraction of sp³-hybridized carbons (Fsp3) is 0. The monoisotopic (exact) mass is 686 g/mol. The Morgan fingerprint density at radius 2 is 1.35 bits per heavy atom. The van der Waals surface area contributed by atoms with Crippen molar-refractivity contribution in [2.45, 2.75) is 0 Å². The summed E-state index contributed by atoms with van der Waals surface area (Å²) in [5, 5.41) is -0.281. The number of nitrogens with zero attached hydrogens (tertiary/aromatic N) is 3. The van der Waals surface area contributed by atoms with Gasteiger partial charge in [0, 0.05) is 32.1 Å². The molecule has 0 spiro atoms. The van der Waals surface area contributed by atoms with Gasteiger partial charge in [0.2, 0.25) is 5.28 Å². The quantitative estimate of drug-likeness (QED) is 0.147. The first-order chi connectivity index (χ1) is 14.3. The van der Waals surface area contributed by atoms with Crippen LogP contribution in [0.15, 0.2) is 50.4 Å². The Balaban J connectivity index is 0.000000182. The van der Waals surface area contributed by atoms with Crippen molar-refractivity contribution in [3.8, 4) is 0 Å². The molecule has 0 radical (unpaired) electrons. The highest BCUT2D eigenvalue weighted by atomic mass is 79.9. The maximum absolute atomic E-state index is 10.9. The van der Waals surface area contributed by atoms with Crippen LogP contribution in [-0.4, -0.2) is 19.9 Å². The summed E-state index contributed by atoms with van der Waals surface area (Å²) >= 11 is 38.0. The van der Waals surface area contributed by atoms with Crippen molar-refractivity contribution in [1.82, 2.24) is 19.9 Å². The molecule has 15 heteroatoms. The average molecular weight is 691 g/mol. The first-order valence-corrected chi connectivity index (χ1v) is 14.8. The van der Waals surface area contributed by atoms with Crippen LogP contribution in [-0.2, 0) is 4.57 Å². The van der Waals surface area contributed by atoms with Crippen molar-refractivity contribution >= 4 is 127 Å². The maximum atomic E-state index is 10.9. The zero-order chi connectivity index (χ0) is 23.3. The molecule has 0 bridgehead atoms. The molecule has 1 N–H and O–H groups in total. The Labute approximate surface area is 221 Å². The number of aromatic nitrogens is 4. The molecule has 4 aromatic rings. The molecule has 0 fully saturated rings. The van der Waals surface area contributed by atoms with Crippen LogP contribution in [0.2, 0.25) is 15.3 Å². The number of rotatable bonds is 0. The lowest BCUT2D eigenvalue weighted by Gasteiger charge is -2.00. The van der Waals surface area contributed by atoms with Crippen molar-refractivity contribution in [2.75, 3.05) is 0 Å². The smallest absolute Gasteiger partial charge is 0.304 e. The number of fused-ring (bicyclic) bond motifs is 2. The second kappa shape index (κ2) is 11.8. The largest absolute Gasteiger partial charge is 0.345 e. The zero-order valence-electron chi connectivity index (χ0n) is 14.6. The summed E-state index contributed by atoms with van der Waals surface area (Å²) in [7, 11) is 0. The fourth-order valence-corrected chi connectivity index (χ4v) is 4.03. The summed E-state index contributed by atoms with van der Waals surface area (Å²) in [6.45, 7) is 0. The van der Waals surface area contributed by atoms with Gasteiger partial charge in [-0.15, -0.1) is 0 Å². The molecule has 164 valence electrons. The van der Waals surface area contributed by atoms with Gasteiger partial charge in [-0.1, -0.05) is 55.1 Å². The Morgan fingerprint density at radius 1 is 0.839 bits per heavy atom. The molecular weight excluding hydrogens is 684 g/mol. The van der Waals surface area contributed by atoms with Gasteiger partial charge in [-0.2, -0.15) is 0 Å². The molecule has 0 aliphatic carbocycles. The second-order valence-electron chi connectivity index (χ2n) is 5.40. The first kappa shape index (κ1) is 27.1. The minimum atomic E-state index is -3.22. The summed E-state index contributed by atoms with van der Waals surface area (Å²) in [5.41, 5.74) is 0.895. The molecule has 31 heavy (non-hydrogen) atoms. The lowest BCUT2D eigenvalue weighted by Crippen LogP contribution is -2.08. The van der Waals surface area contributed by atoms with Crippen molar-refractivity contribution in [3.05, 3.63) is 71.4 Å². The highest BCUT2D eigenvalue weighted by molar-refractivity contribution is 9.10. The molecule has 0 aliphatic rings. The highest BCUT2D eigenvalue weighted by Crippen LogP contribution is 2.61. The van der Waals surface area contributed by atoms with Crippen molar-refractivity contribution < 1.29 is 4.57 Å². The Bertz CT molecular complexity index is 1340. The molecule has 0 unspecified atom stereocenters. The summed E-state index contributed by atoms with van der Waals surface area (Å²) < 4.78 is 11.3. The second-order valence-corrected chi connectivity index (χ2v) is 15.0. The molecule has 2 aromatic carbocycles. The van der Waals surface area contributed by atoms with Crippen LogP contribution in [0.4, 0.5) is 0 Å². The summed E-state index contributed by atoms with van der Waals surface area (Å²) in [6, 6.07) is 7.22. The number of nitrogens with one attached hydrogen (secondary N) is 1. The van der Waals surface area contributed by atoms with Crippen LogP contribution in [0.1, 0.15) is 0 Å². The molecule has 6 nitrogen and oxygen atoms in total. The number of benzene rings is 2. The number of halogens is 8. The van der Waals surface area contributed by atoms with Gasteiger partial charge in [0.05, 0.1) is 21.1 Å². The standard InChI is InChI=1S/C8H3BrCl2N2.C8H4BrClN2O.Cl3OP/c9-5-1-4-3-12-8(11)13-7(4)6(10)2-5;9-5-1-4-3-11-8(13)12-7(4)6(10)2-5;1-5(2,3)4/h1-3H;1-3H,(H,11,12,13);. The van der Waals surface area contributed by atoms with E-state index in [4.69, 9.17) is 34.8 Å². The van der Waals surface area contributed by atoms with E-state index in [-0.39, 0.29) is 5.28 Å². The minimum Gasteiger partial charge on any atom is -0.304 e. The van der Waals surface area contributed by atoms with E-state index in [1.54, 1.807) is 18.3 Å². The number of hydrogen-bond donors (Lipinski definition) is 1.